The van der Waals surface area contributed by atoms with E-state index in [0.717, 1.165) is 32.1 Å². The summed E-state index contributed by atoms with van der Waals surface area (Å²) < 4.78 is 0. The zero-order valence-electron chi connectivity index (χ0n) is 10.3. The van der Waals surface area contributed by atoms with Crippen LogP contribution in [0.4, 0.5) is 0 Å². The van der Waals surface area contributed by atoms with Gasteiger partial charge in [-0.25, -0.2) is 4.98 Å². The number of aromatic nitrogens is 1. The number of hydrogen-bond acceptors (Lipinski definition) is 4. The monoisotopic (exact) mass is 252 g/mol. The molecule has 0 saturated heterocycles. The summed E-state index contributed by atoms with van der Waals surface area (Å²) in [6.07, 6.45) is 7.77. The Balaban J connectivity index is 1.88. The van der Waals surface area contributed by atoms with E-state index in [2.05, 4.69) is 11.9 Å². The first-order valence-corrected chi connectivity index (χ1v) is 7.24. The van der Waals surface area contributed by atoms with E-state index >= 15 is 0 Å². The number of nitrogens with two attached hydrogens (primary N) is 1. The number of nitrogens with zero attached hydrogens (tertiary/aromatic N) is 1. The number of Topliss-reactive ketones (excluding diaryl/α,β-unsaturated/α-hetero) is 1. The molecule has 1 heterocycles. The molecule has 0 unspecified atom stereocenters. The molecule has 0 amide bonds. The van der Waals surface area contributed by atoms with Crippen molar-refractivity contribution in [3.8, 4) is 0 Å². The second kappa shape index (κ2) is 5.74. The van der Waals surface area contributed by atoms with Crippen molar-refractivity contribution in [2.45, 2.75) is 51.5 Å². The molecule has 2 N–H and O–H groups in total. The zero-order chi connectivity index (χ0) is 12.3. The number of rotatable bonds is 4. The van der Waals surface area contributed by atoms with E-state index in [4.69, 9.17) is 5.73 Å². The van der Waals surface area contributed by atoms with Crippen molar-refractivity contribution in [1.29, 1.82) is 0 Å². The normalized spacial score (nSPS) is 24.8. The predicted octanol–water partition coefficient (Wildman–Crippen LogP) is 2.80. The van der Waals surface area contributed by atoms with Gasteiger partial charge < -0.3 is 5.73 Å². The lowest BCUT2D eigenvalue weighted by molar-refractivity contribution is 0.0947. The molecule has 0 radical (unpaired) electrons. The Morgan fingerprint density at radius 2 is 2.18 bits per heavy atom. The van der Waals surface area contributed by atoms with Crippen LogP contribution in [0.5, 0.6) is 0 Å². The highest BCUT2D eigenvalue weighted by Crippen LogP contribution is 2.27. The highest BCUT2D eigenvalue weighted by molar-refractivity contribution is 7.13. The van der Waals surface area contributed by atoms with Gasteiger partial charge in [-0.05, 0) is 38.0 Å². The van der Waals surface area contributed by atoms with Crippen LogP contribution in [0.2, 0.25) is 0 Å². The maximum atomic E-state index is 12.0. The van der Waals surface area contributed by atoms with E-state index in [0.29, 0.717) is 23.4 Å². The number of hydrogen-bond donors (Lipinski definition) is 1. The summed E-state index contributed by atoms with van der Waals surface area (Å²) in [6, 6.07) is 0.355. The van der Waals surface area contributed by atoms with Crippen molar-refractivity contribution in [2.24, 2.45) is 11.7 Å². The SMILES string of the molecule is CCc1cnc(C(=O)CC2CCC(N)CC2)s1. The quantitative estimate of drug-likeness (QED) is 0.838. The van der Waals surface area contributed by atoms with Crippen molar-refractivity contribution < 1.29 is 4.79 Å². The van der Waals surface area contributed by atoms with Crippen LogP contribution >= 0.6 is 11.3 Å². The van der Waals surface area contributed by atoms with Gasteiger partial charge in [0.05, 0.1) is 0 Å². The molecule has 17 heavy (non-hydrogen) atoms. The Kier molecular flexibility index (Phi) is 4.29. The van der Waals surface area contributed by atoms with Crippen LogP contribution in [-0.4, -0.2) is 16.8 Å². The molecule has 1 aromatic heterocycles. The fourth-order valence-electron chi connectivity index (χ4n) is 2.34. The van der Waals surface area contributed by atoms with E-state index in [1.807, 2.05) is 6.20 Å². The molecular formula is C13H20N2OS. The second-order valence-electron chi connectivity index (χ2n) is 4.89. The third-order valence-corrected chi connectivity index (χ3v) is 4.69. The molecule has 1 aliphatic rings. The smallest absolute Gasteiger partial charge is 0.191 e. The first-order chi connectivity index (χ1) is 8.19. The van der Waals surface area contributed by atoms with Gasteiger partial charge in [0.15, 0.2) is 10.8 Å². The van der Waals surface area contributed by atoms with E-state index in [-0.39, 0.29) is 5.78 Å². The lowest BCUT2D eigenvalue weighted by Crippen LogP contribution is -2.27. The Labute approximate surface area is 106 Å². The number of thiazole rings is 1. The summed E-state index contributed by atoms with van der Waals surface area (Å²) in [5.74, 6) is 0.742. The van der Waals surface area contributed by atoms with Crippen LogP contribution in [0, 0.1) is 5.92 Å². The van der Waals surface area contributed by atoms with Crippen molar-refractivity contribution in [2.75, 3.05) is 0 Å². The van der Waals surface area contributed by atoms with Gasteiger partial charge in [-0.1, -0.05) is 6.92 Å². The molecule has 0 aliphatic heterocycles. The van der Waals surface area contributed by atoms with Crippen molar-refractivity contribution in [3.63, 3.8) is 0 Å². The van der Waals surface area contributed by atoms with Crippen LogP contribution < -0.4 is 5.73 Å². The summed E-state index contributed by atoms with van der Waals surface area (Å²) in [5, 5.41) is 0.691. The van der Waals surface area contributed by atoms with Crippen molar-refractivity contribution in [3.05, 3.63) is 16.1 Å². The summed E-state index contributed by atoms with van der Waals surface area (Å²) in [6.45, 7) is 2.09. The molecule has 0 spiro atoms. The molecule has 0 bridgehead atoms. The molecule has 0 aromatic carbocycles. The molecule has 0 atom stereocenters. The lowest BCUT2D eigenvalue weighted by Gasteiger charge is -2.25. The molecule has 94 valence electrons. The van der Waals surface area contributed by atoms with Gasteiger partial charge in [0.25, 0.3) is 0 Å². The molecular weight excluding hydrogens is 232 g/mol. The first-order valence-electron chi connectivity index (χ1n) is 6.42. The molecule has 1 aromatic rings. The fraction of sp³-hybridized carbons (Fsp3) is 0.692. The third-order valence-electron chi connectivity index (χ3n) is 3.51. The zero-order valence-corrected chi connectivity index (χ0v) is 11.1. The standard InChI is InChI=1S/C13H20N2OS/c1-2-11-8-15-13(17-11)12(16)7-9-3-5-10(14)6-4-9/h8-10H,2-7,14H2,1H3. The third kappa shape index (κ3) is 3.36. The molecule has 4 heteroatoms. The number of carbonyl (C=O) groups is 1. The van der Waals surface area contributed by atoms with Gasteiger partial charge in [0, 0.05) is 23.5 Å². The van der Waals surface area contributed by atoms with E-state index in [9.17, 15) is 4.79 Å². The Hall–Kier alpha value is -0.740. The lowest BCUT2D eigenvalue weighted by atomic mass is 9.83. The summed E-state index contributed by atoms with van der Waals surface area (Å²) in [7, 11) is 0. The second-order valence-corrected chi connectivity index (χ2v) is 6.01. The van der Waals surface area contributed by atoms with Gasteiger partial charge >= 0.3 is 0 Å². The maximum absolute atomic E-state index is 12.0. The predicted molar refractivity (Wildman–Crippen MR) is 70.4 cm³/mol. The Morgan fingerprint density at radius 1 is 1.47 bits per heavy atom. The minimum Gasteiger partial charge on any atom is -0.328 e. The largest absolute Gasteiger partial charge is 0.328 e. The highest BCUT2D eigenvalue weighted by atomic mass is 32.1. The topological polar surface area (TPSA) is 56.0 Å². The Bertz CT molecular complexity index is 381. The van der Waals surface area contributed by atoms with Crippen molar-refractivity contribution in [1.82, 2.24) is 4.98 Å². The van der Waals surface area contributed by atoms with E-state index in [1.54, 1.807) is 11.3 Å². The molecule has 1 saturated carbocycles. The number of aryl methyl sites for hydroxylation is 1. The number of carbonyl (C=O) groups excluding carboxylic acids is 1. The van der Waals surface area contributed by atoms with Gasteiger partial charge in [-0.2, -0.15) is 0 Å². The molecule has 1 fully saturated rings. The minimum atomic E-state index is 0.218. The average molecular weight is 252 g/mol. The van der Waals surface area contributed by atoms with Crippen LogP contribution in [0.1, 0.15) is 53.7 Å². The van der Waals surface area contributed by atoms with Gasteiger partial charge in [0.1, 0.15) is 0 Å². The maximum Gasteiger partial charge on any atom is 0.191 e. The summed E-state index contributed by atoms with van der Waals surface area (Å²) >= 11 is 1.54. The minimum absolute atomic E-state index is 0.218. The van der Waals surface area contributed by atoms with Gasteiger partial charge in [-0.15, -0.1) is 11.3 Å². The van der Waals surface area contributed by atoms with Crippen LogP contribution in [-0.2, 0) is 6.42 Å². The molecule has 3 nitrogen and oxygen atoms in total. The highest BCUT2D eigenvalue weighted by Gasteiger charge is 2.22. The first kappa shape index (κ1) is 12.7. The molecule has 2 rings (SSSR count). The van der Waals surface area contributed by atoms with Crippen LogP contribution in [0.25, 0.3) is 0 Å². The van der Waals surface area contributed by atoms with Crippen LogP contribution in [0.3, 0.4) is 0 Å². The van der Waals surface area contributed by atoms with E-state index in [1.165, 1.54) is 4.88 Å². The number of ketones is 1. The van der Waals surface area contributed by atoms with E-state index < -0.39 is 0 Å². The Morgan fingerprint density at radius 3 is 2.76 bits per heavy atom. The van der Waals surface area contributed by atoms with Crippen LogP contribution in [0.15, 0.2) is 6.20 Å². The summed E-state index contributed by atoms with van der Waals surface area (Å²) in [5.41, 5.74) is 5.87. The average Bonchev–Trinajstić information content (AvgIpc) is 2.81. The molecule has 1 aliphatic carbocycles. The summed E-state index contributed by atoms with van der Waals surface area (Å²) in [4.78, 5) is 17.4. The fourth-order valence-corrected chi connectivity index (χ4v) is 3.14. The van der Waals surface area contributed by atoms with Gasteiger partial charge in [0.2, 0.25) is 0 Å². The van der Waals surface area contributed by atoms with Crippen molar-refractivity contribution >= 4 is 17.1 Å². The van der Waals surface area contributed by atoms with Gasteiger partial charge in [-0.3, -0.25) is 4.79 Å².